The van der Waals surface area contributed by atoms with Crippen LogP contribution in [0.2, 0.25) is 5.02 Å². The Kier molecular flexibility index (Phi) is 5.09. The summed E-state index contributed by atoms with van der Waals surface area (Å²) in [7, 11) is 1.44. The second-order valence-corrected chi connectivity index (χ2v) is 4.00. The van der Waals surface area contributed by atoms with Gasteiger partial charge in [-0.3, -0.25) is 9.59 Å². The summed E-state index contributed by atoms with van der Waals surface area (Å²) in [5.41, 5.74) is 0.128. The van der Waals surface area contributed by atoms with E-state index in [9.17, 15) is 14.0 Å². The van der Waals surface area contributed by atoms with Gasteiger partial charge in [0.25, 0.3) is 5.91 Å². The third-order valence-corrected chi connectivity index (χ3v) is 2.49. The molecule has 0 saturated carbocycles. The van der Waals surface area contributed by atoms with Crippen molar-refractivity contribution in [2.24, 2.45) is 0 Å². The van der Waals surface area contributed by atoms with Crippen molar-refractivity contribution in [3.63, 3.8) is 0 Å². The highest BCUT2D eigenvalue weighted by Crippen LogP contribution is 2.16. The Bertz CT molecular complexity index is 465. The van der Waals surface area contributed by atoms with Crippen LogP contribution in [0.1, 0.15) is 17.3 Å². The zero-order valence-corrected chi connectivity index (χ0v) is 10.8. The Balaban J connectivity index is 2.74. The fourth-order valence-electron chi connectivity index (χ4n) is 1.32. The summed E-state index contributed by atoms with van der Waals surface area (Å²) in [6.45, 7) is 1.74. The number of carbonyl (C=O) groups excluding carboxylic acids is 2. The van der Waals surface area contributed by atoms with Gasteiger partial charge in [-0.05, 0) is 25.1 Å². The van der Waals surface area contributed by atoms with Gasteiger partial charge in [0.1, 0.15) is 12.4 Å². The van der Waals surface area contributed by atoms with Gasteiger partial charge in [-0.2, -0.15) is 0 Å². The van der Waals surface area contributed by atoms with E-state index in [0.717, 1.165) is 11.0 Å². The van der Waals surface area contributed by atoms with Crippen molar-refractivity contribution in [3.05, 3.63) is 34.6 Å². The average Bonchev–Trinajstić information content (AvgIpc) is 2.32. The van der Waals surface area contributed by atoms with Crippen LogP contribution in [-0.4, -0.2) is 37.0 Å². The molecule has 6 heteroatoms. The molecule has 0 atom stereocenters. The summed E-state index contributed by atoms with van der Waals surface area (Å²) < 4.78 is 17.9. The third kappa shape index (κ3) is 3.70. The second kappa shape index (κ2) is 6.35. The molecule has 0 bridgehead atoms. The predicted molar refractivity (Wildman–Crippen MR) is 65.0 cm³/mol. The summed E-state index contributed by atoms with van der Waals surface area (Å²) in [6, 6.07) is 3.73. The number of hydrogen-bond donors (Lipinski definition) is 0. The molecule has 0 aliphatic heterocycles. The van der Waals surface area contributed by atoms with E-state index < -0.39 is 17.7 Å². The van der Waals surface area contributed by atoms with Crippen LogP contribution in [0, 0.1) is 5.82 Å². The molecule has 0 radical (unpaired) electrons. The Morgan fingerprint density at radius 1 is 1.44 bits per heavy atom. The van der Waals surface area contributed by atoms with E-state index in [-0.39, 0.29) is 23.7 Å². The molecule has 0 N–H and O–H groups in total. The number of ether oxygens (including phenoxy) is 1. The number of carbonyl (C=O) groups is 2. The zero-order valence-electron chi connectivity index (χ0n) is 10.1. The molecule has 0 heterocycles. The summed E-state index contributed by atoms with van der Waals surface area (Å²) in [4.78, 5) is 24.2. The van der Waals surface area contributed by atoms with E-state index in [1.807, 2.05) is 0 Å². The standard InChI is InChI=1S/C12H13ClFNO3/c1-3-18-11(16)7-15(2)12(17)8-4-5-9(13)10(14)6-8/h4-6H,3,7H2,1-2H3. The first kappa shape index (κ1) is 14.4. The van der Waals surface area contributed by atoms with Crippen molar-refractivity contribution >= 4 is 23.5 Å². The quantitative estimate of drug-likeness (QED) is 0.790. The van der Waals surface area contributed by atoms with Crippen LogP contribution in [0.15, 0.2) is 18.2 Å². The van der Waals surface area contributed by atoms with Crippen LogP contribution in [0.5, 0.6) is 0 Å². The molecule has 1 rings (SSSR count). The Hall–Kier alpha value is -1.62. The Labute approximate surface area is 109 Å². The molecule has 98 valence electrons. The molecule has 0 spiro atoms. The van der Waals surface area contributed by atoms with E-state index in [1.54, 1.807) is 6.92 Å². The lowest BCUT2D eigenvalue weighted by Crippen LogP contribution is -2.33. The lowest BCUT2D eigenvalue weighted by molar-refractivity contribution is -0.143. The lowest BCUT2D eigenvalue weighted by atomic mass is 10.2. The van der Waals surface area contributed by atoms with E-state index in [0.29, 0.717) is 0 Å². The normalized spacial score (nSPS) is 10.0. The Morgan fingerprint density at radius 3 is 2.67 bits per heavy atom. The van der Waals surface area contributed by atoms with Gasteiger partial charge in [0.2, 0.25) is 0 Å². The first-order chi connectivity index (χ1) is 8.45. The smallest absolute Gasteiger partial charge is 0.325 e. The predicted octanol–water partition coefficient (Wildman–Crippen LogP) is 2.11. The van der Waals surface area contributed by atoms with Crippen molar-refractivity contribution in [2.75, 3.05) is 20.2 Å². The molecule has 0 aliphatic carbocycles. The summed E-state index contributed by atoms with van der Waals surface area (Å²) in [5.74, 6) is -1.66. The van der Waals surface area contributed by atoms with Crippen LogP contribution in [0.4, 0.5) is 4.39 Å². The number of nitrogens with zero attached hydrogens (tertiary/aromatic N) is 1. The van der Waals surface area contributed by atoms with E-state index >= 15 is 0 Å². The molecule has 0 aliphatic rings. The minimum Gasteiger partial charge on any atom is -0.465 e. The highest BCUT2D eigenvalue weighted by molar-refractivity contribution is 6.30. The number of rotatable bonds is 4. The van der Waals surface area contributed by atoms with Gasteiger partial charge in [0, 0.05) is 12.6 Å². The fraction of sp³-hybridized carbons (Fsp3) is 0.333. The molecule has 1 aromatic carbocycles. The molecule has 0 saturated heterocycles. The number of halogens is 2. The SMILES string of the molecule is CCOC(=O)CN(C)C(=O)c1ccc(Cl)c(F)c1. The van der Waals surface area contributed by atoms with E-state index in [4.69, 9.17) is 16.3 Å². The highest BCUT2D eigenvalue weighted by atomic mass is 35.5. The number of esters is 1. The van der Waals surface area contributed by atoms with Gasteiger partial charge < -0.3 is 9.64 Å². The monoisotopic (exact) mass is 273 g/mol. The van der Waals surface area contributed by atoms with Crippen molar-refractivity contribution < 1.29 is 18.7 Å². The molecule has 1 amide bonds. The van der Waals surface area contributed by atoms with Gasteiger partial charge in [0.05, 0.1) is 11.6 Å². The van der Waals surface area contributed by atoms with E-state index in [1.165, 1.54) is 19.2 Å². The molecular formula is C12H13ClFNO3. The minimum atomic E-state index is -0.674. The average molecular weight is 274 g/mol. The zero-order chi connectivity index (χ0) is 13.7. The Morgan fingerprint density at radius 2 is 2.11 bits per heavy atom. The topological polar surface area (TPSA) is 46.6 Å². The second-order valence-electron chi connectivity index (χ2n) is 3.60. The van der Waals surface area contributed by atoms with Crippen LogP contribution < -0.4 is 0 Å². The molecule has 0 fully saturated rings. The number of hydrogen-bond acceptors (Lipinski definition) is 3. The molecule has 4 nitrogen and oxygen atoms in total. The molecule has 0 aromatic heterocycles. The van der Waals surface area contributed by atoms with Crippen molar-refractivity contribution in [3.8, 4) is 0 Å². The fourth-order valence-corrected chi connectivity index (χ4v) is 1.44. The summed E-state index contributed by atoms with van der Waals surface area (Å²) in [6.07, 6.45) is 0. The van der Waals surface area contributed by atoms with Crippen LogP contribution >= 0.6 is 11.6 Å². The van der Waals surface area contributed by atoms with Crippen LogP contribution in [-0.2, 0) is 9.53 Å². The van der Waals surface area contributed by atoms with Gasteiger partial charge >= 0.3 is 5.97 Å². The maximum absolute atomic E-state index is 13.2. The van der Waals surface area contributed by atoms with Crippen molar-refractivity contribution in [2.45, 2.75) is 6.92 Å². The molecule has 1 aromatic rings. The third-order valence-electron chi connectivity index (χ3n) is 2.18. The maximum atomic E-state index is 13.2. The first-order valence-electron chi connectivity index (χ1n) is 5.31. The minimum absolute atomic E-state index is 0.0559. The lowest BCUT2D eigenvalue weighted by Gasteiger charge is -2.16. The van der Waals surface area contributed by atoms with Gasteiger partial charge in [-0.25, -0.2) is 4.39 Å². The maximum Gasteiger partial charge on any atom is 0.325 e. The number of likely N-dealkylation sites (N-methyl/N-ethyl adjacent to an activating group) is 1. The summed E-state index contributed by atoms with van der Waals surface area (Å²) in [5, 5.41) is -0.0559. The number of amides is 1. The van der Waals surface area contributed by atoms with Gasteiger partial charge in [-0.1, -0.05) is 11.6 Å². The van der Waals surface area contributed by atoms with Crippen molar-refractivity contribution in [1.82, 2.24) is 4.90 Å². The first-order valence-corrected chi connectivity index (χ1v) is 5.69. The molecule has 0 unspecified atom stereocenters. The van der Waals surface area contributed by atoms with Crippen molar-refractivity contribution in [1.29, 1.82) is 0 Å². The van der Waals surface area contributed by atoms with E-state index in [2.05, 4.69) is 0 Å². The largest absolute Gasteiger partial charge is 0.465 e. The molecule has 18 heavy (non-hydrogen) atoms. The molecular weight excluding hydrogens is 261 g/mol. The van der Waals surface area contributed by atoms with Crippen LogP contribution in [0.25, 0.3) is 0 Å². The number of benzene rings is 1. The highest BCUT2D eigenvalue weighted by Gasteiger charge is 2.16. The van der Waals surface area contributed by atoms with Gasteiger partial charge in [0.15, 0.2) is 0 Å². The summed E-state index contributed by atoms with van der Waals surface area (Å²) >= 11 is 5.52. The van der Waals surface area contributed by atoms with Gasteiger partial charge in [-0.15, -0.1) is 0 Å². The van der Waals surface area contributed by atoms with Crippen LogP contribution in [0.3, 0.4) is 0 Å².